The fraction of sp³-hybridized carbons (Fsp3) is 0.300. The van der Waals surface area contributed by atoms with Crippen molar-refractivity contribution in [3.63, 3.8) is 0 Å². The maximum Gasteiger partial charge on any atom is 0.320 e. The zero-order chi connectivity index (χ0) is 11.4. The van der Waals surface area contributed by atoms with Gasteiger partial charge in [-0.05, 0) is 30.5 Å². The lowest BCUT2D eigenvalue weighted by atomic mass is 10.1. The molecule has 0 amide bonds. The highest BCUT2D eigenvalue weighted by molar-refractivity contribution is 5.73. The van der Waals surface area contributed by atoms with Crippen molar-refractivity contribution in [3.05, 3.63) is 35.4 Å². The summed E-state index contributed by atoms with van der Waals surface area (Å²) in [4.78, 5) is 10.4. The molecule has 0 aliphatic heterocycles. The first-order chi connectivity index (χ1) is 6.99. The van der Waals surface area contributed by atoms with Crippen LogP contribution in [0.2, 0.25) is 0 Å². The van der Waals surface area contributed by atoms with Crippen LogP contribution in [0.3, 0.4) is 0 Å². The first kappa shape index (κ1) is 11.6. The number of benzene rings is 1. The second kappa shape index (κ2) is 4.84. The standard InChI is InChI=1S/C10H11F2NO2/c11-7-3-6(4-8(12)5-7)1-2-9(13)10(14)15/h3-5,9H,1-2,13H2,(H,14,15)/t9-/m1/s1. The molecule has 1 rings (SSSR count). The Morgan fingerprint density at radius 2 is 1.87 bits per heavy atom. The van der Waals surface area contributed by atoms with Gasteiger partial charge < -0.3 is 10.8 Å². The minimum Gasteiger partial charge on any atom is -0.480 e. The summed E-state index contributed by atoms with van der Waals surface area (Å²) in [6.07, 6.45) is 0.389. The number of rotatable bonds is 4. The number of nitrogens with two attached hydrogens (primary N) is 1. The molecule has 82 valence electrons. The summed E-state index contributed by atoms with van der Waals surface area (Å²) in [6.45, 7) is 0. The van der Waals surface area contributed by atoms with Gasteiger partial charge in [0.2, 0.25) is 0 Å². The molecular formula is C10H11F2NO2. The van der Waals surface area contributed by atoms with E-state index in [0.717, 1.165) is 18.2 Å². The first-order valence-electron chi connectivity index (χ1n) is 4.42. The van der Waals surface area contributed by atoms with Crippen LogP contribution >= 0.6 is 0 Å². The molecule has 0 saturated carbocycles. The average Bonchev–Trinajstić information content (AvgIpc) is 2.12. The van der Waals surface area contributed by atoms with Gasteiger partial charge in [0, 0.05) is 6.07 Å². The van der Waals surface area contributed by atoms with Crippen LogP contribution in [-0.4, -0.2) is 17.1 Å². The van der Waals surface area contributed by atoms with Crippen LogP contribution in [0.5, 0.6) is 0 Å². The van der Waals surface area contributed by atoms with Crippen molar-refractivity contribution < 1.29 is 18.7 Å². The minimum atomic E-state index is -1.12. The molecule has 5 heteroatoms. The molecule has 0 unspecified atom stereocenters. The summed E-state index contributed by atoms with van der Waals surface area (Å²) >= 11 is 0. The topological polar surface area (TPSA) is 63.3 Å². The second-order valence-electron chi connectivity index (χ2n) is 3.26. The molecule has 15 heavy (non-hydrogen) atoms. The normalized spacial score (nSPS) is 12.5. The molecule has 3 N–H and O–H groups in total. The molecule has 0 radical (unpaired) electrons. The van der Waals surface area contributed by atoms with E-state index in [9.17, 15) is 13.6 Å². The number of aliphatic carboxylic acids is 1. The van der Waals surface area contributed by atoms with Gasteiger partial charge in [-0.25, -0.2) is 8.78 Å². The van der Waals surface area contributed by atoms with E-state index in [1.807, 2.05) is 0 Å². The number of hydrogen-bond donors (Lipinski definition) is 2. The van der Waals surface area contributed by atoms with E-state index in [2.05, 4.69) is 0 Å². The van der Waals surface area contributed by atoms with Gasteiger partial charge in [-0.2, -0.15) is 0 Å². The lowest BCUT2D eigenvalue weighted by Gasteiger charge is -2.06. The van der Waals surface area contributed by atoms with Crippen LogP contribution < -0.4 is 5.73 Å². The van der Waals surface area contributed by atoms with Gasteiger partial charge in [0.05, 0.1) is 0 Å². The zero-order valence-electron chi connectivity index (χ0n) is 7.91. The Balaban J connectivity index is 2.61. The van der Waals surface area contributed by atoms with Crippen molar-refractivity contribution in [1.29, 1.82) is 0 Å². The lowest BCUT2D eigenvalue weighted by Crippen LogP contribution is -2.30. The SMILES string of the molecule is N[C@H](CCc1cc(F)cc(F)c1)C(=O)O. The van der Waals surface area contributed by atoms with Crippen LogP contribution in [0.25, 0.3) is 0 Å². The Morgan fingerprint density at radius 3 is 2.33 bits per heavy atom. The van der Waals surface area contributed by atoms with Crippen LogP contribution in [0.15, 0.2) is 18.2 Å². The molecule has 0 bridgehead atoms. The molecule has 1 aromatic carbocycles. The molecule has 1 atom stereocenters. The Morgan fingerprint density at radius 1 is 1.33 bits per heavy atom. The van der Waals surface area contributed by atoms with Crippen LogP contribution in [-0.2, 0) is 11.2 Å². The molecule has 0 aliphatic rings. The fourth-order valence-electron chi connectivity index (χ4n) is 1.20. The van der Waals surface area contributed by atoms with Gasteiger partial charge in [-0.15, -0.1) is 0 Å². The Kier molecular flexibility index (Phi) is 3.74. The van der Waals surface area contributed by atoms with Gasteiger partial charge in [0.15, 0.2) is 0 Å². The van der Waals surface area contributed by atoms with E-state index in [0.29, 0.717) is 5.56 Å². The summed E-state index contributed by atoms with van der Waals surface area (Å²) in [5.74, 6) is -2.46. The van der Waals surface area contributed by atoms with E-state index < -0.39 is 23.6 Å². The highest BCUT2D eigenvalue weighted by Gasteiger charge is 2.11. The largest absolute Gasteiger partial charge is 0.480 e. The van der Waals surface area contributed by atoms with Crippen molar-refractivity contribution in [2.24, 2.45) is 5.73 Å². The number of hydrogen-bond acceptors (Lipinski definition) is 2. The highest BCUT2D eigenvalue weighted by Crippen LogP contribution is 2.10. The van der Waals surface area contributed by atoms with E-state index in [1.54, 1.807) is 0 Å². The number of aryl methyl sites for hydroxylation is 1. The van der Waals surface area contributed by atoms with Crippen LogP contribution in [0.1, 0.15) is 12.0 Å². The molecule has 0 spiro atoms. The first-order valence-corrected chi connectivity index (χ1v) is 4.42. The number of carboxylic acid groups (broad SMARTS) is 1. The van der Waals surface area contributed by atoms with Gasteiger partial charge in [0.1, 0.15) is 17.7 Å². The number of carboxylic acids is 1. The summed E-state index contributed by atoms with van der Waals surface area (Å²) < 4.78 is 25.4. The summed E-state index contributed by atoms with van der Waals surface area (Å²) in [5, 5.41) is 8.50. The van der Waals surface area contributed by atoms with Crippen LogP contribution in [0, 0.1) is 11.6 Å². The van der Waals surface area contributed by atoms with Crippen molar-refractivity contribution in [2.45, 2.75) is 18.9 Å². The summed E-state index contributed by atoms with van der Waals surface area (Å²) in [5.41, 5.74) is 5.66. The Bertz CT molecular complexity index is 348. The molecule has 0 saturated heterocycles. The van der Waals surface area contributed by atoms with Crippen molar-refractivity contribution in [2.75, 3.05) is 0 Å². The number of halogens is 2. The Hall–Kier alpha value is -1.49. The van der Waals surface area contributed by atoms with E-state index in [1.165, 1.54) is 0 Å². The van der Waals surface area contributed by atoms with E-state index >= 15 is 0 Å². The maximum atomic E-state index is 12.7. The predicted molar refractivity (Wildman–Crippen MR) is 50.3 cm³/mol. The lowest BCUT2D eigenvalue weighted by molar-refractivity contribution is -0.138. The third-order valence-corrected chi connectivity index (χ3v) is 1.98. The van der Waals surface area contributed by atoms with Gasteiger partial charge in [0.25, 0.3) is 0 Å². The van der Waals surface area contributed by atoms with Gasteiger partial charge in [-0.1, -0.05) is 0 Å². The molecule has 0 aromatic heterocycles. The predicted octanol–water partition coefficient (Wildman–Crippen LogP) is 1.31. The van der Waals surface area contributed by atoms with E-state index in [4.69, 9.17) is 10.8 Å². The zero-order valence-corrected chi connectivity index (χ0v) is 7.91. The molecular weight excluding hydrogens is 204 g/mol. The number of carbonyl (C=O) groups is 1. The average molecular weight is 215 g/mol. The van der Waals surface area contributed by atoms with Crippen LogP contribution in [0.4, 0.5) is 8.78 Å². The van der Waals surface area contributed by atoms with Crippen molar-refractivity contribution >= 4 is 5.97 Å². The maximum absolute atomic E-state index is 12.7. The molecule has 1 aromatic rings. The summed E-state index contributed by atoms with van der Waals surface area (Å²) in [7, 11) is 0. The van der Waals surface area contributed by atoms with Gasteiger partial charge in [-0.3, -0.25) is 4.79 Å². The van der Waals surface area contributed by atoms with Crippen molar-refractivity contribution in [3.8, 4) is 0 Å². The molecule has 0 fully saturated rings. The van der Waals surface area contributed by atoms with Crippen molar-refractivity contribution in [1.82, 2.24) is 0 Å². The second-order valence-corrected chi connectivity index (χ2v) is 3.26. The monoisotopic (exact) mass is 215 g/mol. The fourth-order valence-corrected chi connectivity index (χ4v) is 1.20. The Labute approximate surface area is 85.5 Å². The molecule has 3 nitrogen and oxygen atoms in total. The van der Waals surface area contributed by atoms with E-state index in [-0.39, 0.29) is 12.8 Å². The third kappa shape index (κ3) is 3.63. The quantitative estimate of drug-likeness (QED) is 0.795. The molecule has 0 aliphatic carbocycles. The highest BCUT2D eigenvalue weighted by atomic mass is 19.1. The molecule has 0 heterocycles. The third-order valence-electron chi connectivity index (χ3n) is 1.98. The smallest absolute Gasteiger partial charge is 0.320 e. The minimum absolute atomic E-state index is 0.151. The van der Waals surface area contributed by atoms with Gasteiger partial charge >= 0.3 is 5.97 Å². The summed E-state index contributed by atoms with van der Waals surface area (Å²) in [6, 6.07) is 2.09.